The van der Waals surface area contributed by atoms with Gasteiger partial charge in [0.25, 0.3) is 0 Å². The molecule has 29 heavy (non-hydrogen) atoms. The van der Waals surface area contributed by atoms with Crippen molar-refractivity contribution in [2.45, 2.75) is 26.8 Å². The Bertz CT molecular complexity index is 837. The molecule has 0 radical (unpaired) electrons. The van der Waals surface area contributed by atoms with Gasteiger partial charge < -0.3 is 25.4 Å². The predicted octanol–water partition coefficient (Wildman–Crippen LogP) is 3.34. The number of urea groups is 1. The summed E-state index contributed by atoms with van der Waals surface area (Å²) in [6.45, 7) is 4.54. The second kappa shape index (κ2) is 10.9. The van der Waals surface area contributed by atoms with Gasteiger partial charge in [0, 0.05) is 24.7 Å². The number of anilines is 1. The zero-order valence-electron chi connectivity index (χ0n) is 17.4. The first-order chi connectivity index (χ1) is 13.9. The first-order valence-electron chi connectivity index (χ1n) is 9.55. The zero-order chi connectivity index (χ0) is 21.2. The SMILES string of the molecule is COc1ccc(CCNC(=O)NCc2cccc(NC(=O)C(C)C)c2)cc1OC. The Morgan fingerprint density at radius 3 is 2.38 bits per heavy atom. The van der Waals surface area contributed by atoms with Crippen LogP contribution in [0.15, 0.2) is 42.5 Å². The van der Waals surface area contributed by atoms with E-state index < -0.39 is 0 Å². The van der Waals surface area contributed by atoms with Crippen molar-refractivity contribution >= 4 is 17.6 Å². The van der Waals surface area contributed by atoms with Crippen LogP contribution < -0.4 is 25.4 Å². The Morgan fingerprint density at radius 2 is 1.69 bits per heavy atom. The number of methoxy groups -OCH3 is 2. The van der Waals surface area contributed by atoms with Crippen LogP contribution in [0, 0.1) is 5.92 Å². The highest BCUT2D eigenvalue weighted by molar-refractivity contribution is 5.92. The lowest BCUT2D eigenvalue weighted by Gasteiger charge is -2.11. The first-order valence-corrected chi connectivity index (χ1v) is 9.55. The fraction of sp³-hybridized carbons (Fsp3) is 0.364. The van der Waals surface area contributed by atoms with Crippen LogP contribution in [0.2, 0.25) is 0 Å². The van der Waals surface area contributed by atoms with Gasteiger partial charge in [-0.25, -0.2) is 4.79 Å². The number of hydrogen-bond donors (Lipinski definition) is 3. The first kappa shape index (κ1) is 22.1. The van der Waals surface area contributed by atoms with Crippen molar-refractivity contribution in [2.24, 2.45) is 5.92 Å². The highest BCUT2D eigenvalue weighted by atomic mass is 16.5. The summed E-state index contributed by atoms with van der Waals surface area (Å²) in [5, 5.41) is 8.51. The molecule has 0 aliphatic rings. The molecule has 0 heterocycles. The molecule has 0 saturated carbocycles. The van der Waals surface area contributed by atoms with Gasteiger partial charge in [-0.2, -0.15) is 0 Å². The average molecular weight is 399 g/mol. The fourth-order valence-corrected chi connectivity index (χ4v) is 2.65. The standard InChI is InChI=1S/C22H29N3O4/c1-15(2)21(26)25-18-7-5-6-17(12-18)14-24-22(27)23-11-10-16-8-9-19(28-3)20(13-16)29-4/h5-9,12-13,15H,10-11,14H2,1-4H3,(H,25,26)(H2,23,24,27). The van der Waals surface area contributed by atoms with Crippen LogP contribution in [0.1, 0.15) is 25.0 Å². The van der Waals surface area contributed by atoms with Gasteiger partial charge in [0.1, 0.15) is 0 Å². The molecule has 2 rings (SSSR count). The maximum absolute atomic E-state index is 12.0. The summed E-state index contributed by atoms with van der Waals surface area (Å²) in [7, 11) is 3.19. The molecule has 0 atom stereocenters. The molecule has 7 nitrogen and oxygen atoms in total. The predicted molar refractivity (Wildman–Crippen MR) is 113 cm³/mol. The molecule has 0 aliphatic heterocycles. The molecule has 0 spiro atoms. The Morgan fingerprint density at radius 1 is 0.931 bits per heavy atom. The second-order valence-electron chi connectivity index (χ2n) is 6.89. The molecular weight excluding hydrogens is 370 g/mol. The van der Waals surface area contributed by atoms with E-state index in [-0.39, 0.29) is 17.9 Å². The third-order valence-corrected chi connectivity index (χ3v) is 4.32. The molecule has 156 valence electrons. The Labute approximate surface area is 171 Å². The van der Waals surface area contributed by atoms with E-state index in [1.165, 1.54) is 0 Å². The van der Waals surface area contributed by atoms with Crippen LogP contribution in [0.5, 0.6) is 11.5 Å². The number of ether oxygens (including phenoxy) is 2. The number of amides is 3. The van der Waals surface area contributed by atoms with Gasteiger partial charge in [0.05, 0.1) is 14.2 Å². The summed E-state index contributed by atoms with van der Waals surface area (Å²) in [6, 6.07) is 12.9. The molecule has 0 unspecified atom stereocenters. The van der Waals surface area contributed by atoms with Gasteiger partial charge in [-0.3, -0.25) is 4.79 Å². The molecule has 0 fully saturated rings. The summed E-state index contributed by atoms with van der Waals surface area (Å²) < 4.78 is 10.5. The average Bonchev–Trinajstić information content (AvgIpc) is 2.72. The maximum Gasteiger partial charge on any atom is 0.315 e. The van der Waals surface area contributed by atoms with Gasteiger partial charge in [-0.15, -0.1) is 0 Å². The summed E-state index contributed by atoms with van der Waals surface area (Å²) in [6.07, 6.45) is 0.671. The number of carbonyl (C=O) groups excluding carboxylic acids is 2. The summed E-state index contributed by atoms with van der Waals surface area (Å²) in [5.74, 6) is 1.21. The van der Waals surface area contributed by atoms with Crippen LogP contribution in [-0.2, 0) is 17.8 Å². The van der Waals surface area contributed by atoms with Crippen LogP contribution in [0.4, 0.5) is 10.5 Å². The van der Waals surface area contributed by atoms with Gasteiger partial charge in [0.2, 0.25) is 5.91 Å². The third kappa shape index (κ3) is 7.03. The van der Waals surface area contributed by atoms with E-state index >= 15 is 0 Å². The van der Waals surface area contributed by atoms with Crippen LogP contribution in [0.25, 0.3) is 0 Å². The molecule has 3 amide bonds. The minimum Gasteiger partial charge on any atom is -0.493 e. The van der Waals surface area contributed by atoms with Crippen molar-refractivity contribution in [3.63, 3.8) is 0 Å². The van der Waals surface area contributed by atoms with Crippen molar-refractivity contribution < 1.29 is 19.1 Å². The van der Waals surface area contributed by atoms with Gasteiger partial charge in [-0.1, -0.05) is 32.0 Å². The number of rotatable bonds is 9. The zero-order valence-corrected chi connectivity index (χ0v) is 17.4. The lowest BCUT2D eigenvalue weighted by Crippen LogP contribution is -2.36. The molecular formula is C22H29N3O4. The molecule has 0 aliphatic carbocycles. The molecule has 2 aromatic carbocycles. The topological polar surface area (TPSA) is 88.7 Å². The van der Waals surface area contributed by atoms with Crippen molar-refractivity contribution in [2.75, 3.05) is 26.1 Å². The van der Waals surface area contributed by atoms with E-state index in [1.54, 1.807) is 14.2 Å². The molecule has 3 N–H and O–H groups in total. The molecule has 0 bridgehead atoms. The van der Waals surface area contributed by atoms with Crippen molar-refractivity contribution in [1.29, 1.82) is 0 Å². The Balaban J connectivity index is 1.78. The van der Waals surface area contributed by atoms with E-state index in [2.05, 4.69) is 16.0 Å². The van der Waals surface area contributed by atoms with Crippen molar-refractivity contribution in [3.05, 3.63) is 53.6 Å². The Kier molecular flexibility index (Phi) is 8.33. The minimum absolute atomic E-state index is 0.0389. The highest BCUT2D eigenvalue weighted by Gasteiger charge is 2.08. The summed E-state index contributed by atoms with van der Waals surface area (Å²) >= 11 is 0. The highest BCUT2D eigenvalue weighted by Crippen LogP contribution is 2.27. The molecule has 0 aromatic heterocycles. The van der Waals surface area contributed by atoms with Crippen molar-refractivity contribution in [3.8, 4) is 11.5 Å². The lowest BCUT2D eigenvalue weighted by molar-refractivity contribution is -0.118. The van der Waals surface area contributed by atoms with Gasteiger partial charge in [0.15, 0.2) is 11.5 Å². The number of carbonyl (C=O) groups is 2. The van der Waals surface area contributed by atoms with Crippen LogP contribution in [0.3, 0.4) is 0 Å². The van der Waals surface area contributed by atoms with Gasteiger partial charge in [-0.05, 0) is 41.8 Å². The summed E-state index contributed by atoms with van der Waals surface area (Å²) in [5.41, 5.74) is 2.66. The normalized spacial score (nSPS) is 10.4. The largest absolute Gasteiger partial charge is 0.493 e. The van der Waals surface area contributed by atoms with E-state index in [9.17, 15) is 9.59 Å². The fourth-order valence-electron chi connectivity index (χ4n) is 2.65. The monoisotopic (exact) mass is 399 g/mol. The maximum atomic E-state index is 12.0. The summed E-state index contributed by atoms with van der Waals surface area (Å²) in [4.78, 5) is 23.8. The molecule has 0 saturated heterocycles. The van der Waals surface area contributed by atoms with E-state index in [1.807, 2.05) is 56.3 Å². The Hall–Kier alpha value is -3.22. The minimum atomic E-state index is -0.248. The lowest BCUT2D eigenvalue weighted by atomic mass is 10.1. The quantitative estimate of drug-likeness (QED) is 0.603. The van der Waals surface area contributed by atoms with Gasteiger partial charge >= 0.3 is 6.03 Å². The van der Waals surface area contributed by atoms with Crippen molar-refractivity contribution in [1.82, 2.24) is 10.6 Å². The number of hydrogen-bond acceptors (Lipinski definition) is 4. The van der Waals surface area contributed by atoms with E-state index in [4.69, 9.17) is 9.47 Å². The molecule has 2 aromatic rings. The van der Waals surface area contributed by atoms with Crippen LogP contribution in [-0.4, -0.2) is 32.7 Å². The molecule has 7 heteroatoms. The number of nitrogens with one attached hydrogen (secondary N) is 3. The smallest absolute Gasteiger partial charge is 0.315 e. The second-order valence-corrected chi connectivity index (χ2v) is 6.89. The van der Waals surface area contributed by atoms with E-state index in [0.29, 0.717) is 31.0 Å². The third-order valence-electron chi connectivity index (χ3n) is 4.32. The van der Waals surface area contributed by atoms with E-state index in [0.717, 1.165) is 16.8 Å². The van der Waals surface area contributed by atoms with Crippen LogP contribution >= 0.6 is 0 Å². The number of benzene rings is 2.